The van der Waals surface area contributed by atoms with Crippen LogP contribution in [-0.2, 0) is 0 Å². The van der Waals surface area contributed by atoms with Crippen LogP contribution in [0.1, 0.15) is 0 Å². The molecule has 1 heterocycles. The van der Waals surface area contributed by atoms with E-state index in [-0.39, 0.29) is 0 Å². The number of aromatic nitrogens is 1. The van der Waals surface area contributed by atoms with Gasteiger partial charge in [-0.05, 0) is 110 Å². The number of anilines is 3. The van der Waals surface area contributed by atoms with E-state index in [1.54, 1.807) is 0 Å². The Balaban J connectivity index is 1.12. The van der Waals surface area contributed by atoms with Crippen LogP contribution in [0.2, 0.25) is 0 Å². The molecule has 0 aliphatic carbocycles. The van der Waals surface area contributed by atoms with Gasteiger partial charge in [0.25, 0.3) is 0 Å². The molecular weight excluding hydrogens is 821 g/mol. The molecule has 11 aromatic carbocycles. The topological polar surface area (TPSA) is 8.17 Å². The Labute approximate surface area is 397 Å². The second kappa shape index (κ2) is 17.8. The van der Waals surface area contributed by atoms with Crippen LogP contribution in [0.15, 0.2) is 279 Å². The molecule has 0 aliphatic heterocycles. The Bertz CT molecular complexity index is 3630. The largest absolute Gasteiger partial charge is 0.309 e. The average Bonchev–Trinajstić information content (AvgIpc) is 3.76. The van der Waals surface area contributed by atoms with E-state index in [9.17, 15) is 0 Å². The van der Waals surface area contributed by atoms with Gasteiger partial charge in [0.15, 0.2) is 0 Å². The maximum absolute atomic E-state index is 2.49. The summed E-state index contributed by atoms with van der Waals surface area (Å²) < 4.78 is 2.41. The molecule has 0 amide bonds. The lowest BCUT2D eigenvalue weighted by Gasteiger charge is -2.31. The smallest absolute Gasteiger partial charge is 0.0618 e. The summed E-state index contributed by atoms with van der Waals surface area (Å²) >= 11 is 0. The van der Waals surface area contributed by atoms with E-state index in [2.05, 4.69) is 289 Å². The van der Waals surface area contributed by atoms with Crippen molar-refractivity contribution in [3.05, 3.63) is 279 Å². The molecule has 0 radical (unpaired) electrons. The van der Waals surface area contributed by atoms with Crippen molar-refractivity contribution in [3.8, 4) is 72.4 Å². The van der Waals surface area contributed by atoms with Crippen molar-refractivity contribution in [1.82, 2.24) is 4.57 Å². The molecule has 12 rings (SSSR count). The summed E-state index contributed by atoms with van der Waals surface area (Å²) in [7, 11) is 0. The minimum atomic E-state index is 1.06. The first kappa shape index (κ1) is 40.5. The van der Waals surface area contributed by atoms with Crippen molar-refractivity contribution in [1.29, 1.82) is 0 Å². The zero-order valence-corrected chi connectivity index (χ0v) is 37.5. The van der Waals surface area contributed by atoms with Gasteiger partial charge >= 0.3 is 0 Å². The lowest BCUT2D eigenvalue weighted by atomic mass is 9.89. The number of fused-ring (bicyclic) bond motifs is 3. The van der Waals surface area contributed by atoms with Gasteiger partial charge in [0.2, 0.25) is 0 Å². The highest BCUT2D eigenvalue weighted by molar-refractivity contribution is 6.11. The van der Waals surface area contributed by atoms with Crippen molar-refractivity contribution in [3.63, 3.8) is 0 Å². The van der Waals surface area contributed by atoms with E-state index in [0.717, 1.165) is 61.6 Å². The fourth-order valence-corrected chi connectivity index (χ4v) is 10.1. The van der Waals surface area contributed by atoms with Crippen LogP contribution in [0.25, 0.3) is 94.3 Å². The lowest BCUT2D eigenvalue weighted by molar-refractivity contribution is 1.18. The molecule has 0 fully saturated rings. The molecule has 0 saturated carbocycles. The number of para-hydroxylation sites is 2. The molecule has 0 N–H and O–H groups in total. The van der Waals surface area contributed by atoms with Crippen LogP contribution in [-0.4, -0.2) is 4.57 Å². The van der Waals surface area contributed by atoms with Crippen LogP contribution in [0.4, 0.5) is 17.1 Å². The molecule has 320 valence electrons. The zero-order chi connectivity index (χ0) is 45.2. The predicted molar refractivity (Wildman–Crippen MR) is 288 cm³/mol. The number of benzene rings is 11. The summed E-state index contributed by atoms with van der Waals surface area (Å²) in [5.74, 6) is 0. The van der Waals surface area contributed by atoms with Gasteiger partial charge in [-0.1, -0.05) is 224 Å². The lowest BCUT2D eigenvalue weighted by Crippen LogP contribution is -2.13. The predicted octanol–water partition coefficient (Wildman–Crippen LogP) is 18.3. The van der Waals surface area contributed by atoms with E-state index in [0.29, 0.717) is 0 Å². The summed E-state index contributed by atoms with van der Waals surface area (Å²) in [5, 5.41) is 2.44. The quantitative estimate of drug-likeness (QED) is 0.133. The average molecular weight is 867 g/mol. The van der Waals surface area contributed by atoms with Crippen molar-refractivity contribution < 1.29 is 0 Å². The molecule has 1 aromatic heterocycles. The first-order chi connectivity index (χ1) is 33.8. The Hall–Kier alpha value is -8.98. The molecule has 0 bridgehead atoms. The van der Waals surface area contributed by atoms with E-state index < -0.39 is 0 Å². The van der Waals surface area contributed by atoms with E-state index in [1.165, 1.54) is 49.7 Å². The van der Waals surface area contributed by atoms with Crippen LogP contribution in [0, 0.1) is 0 Å². The van der Waals surface area contributed by atoms with Crippen molar-refractivity contribution in [2.75, 3.05) is 4.90 Å². The van der Waals surface area contributed by atoms with Gasteiger partial charge in [-0.15, -0.1) is 0 Å². The zero-order valence-electron chi connectivity index (χ0n) is 37.5. The fraction of sp³-hybridized carbons (Fsp3) is 0. The minimum absolute atomic E-state index is 1.06. The Kier molecular flexibility index (Phi) is 10.6. The number of rotatable bonds is 10. The van der Waals surface area contributed by atoms with Gasteiger partial charge < -0.3 is 9.47 Å². The number of hydrogen-bond acceptors (Lipinski definition) is 1. The van der Waals surface area contributed by atoms with E-state index >= 15 is 0 Å². The Morgan fingerprint density at radius 1 is 0.235 bits per heavy atom. The second-order valence-electron chi connectivity index (χ2n) is 17.2. The third kappa shape index (κ3) is 7.45. The van der Waals surface area contributed by atoms with Gasteiger partial charge in [-0.25, -0.2) is 0 Å². The molecule has 2 nitrogen and oxygen atoms in total. The number of nitrogens with zero attached hydrogens (tertiary/aromatic N) is 2. The monoisotopic (exact) mass is 866 g/mol. The summed E-state index contributed by atoms with van der Waals surface area (Å²) in [6.07, 6.45) is 0. The summed E-state index contributed by atoms with van der Waals surface area (Å²) in [4.78, 5) is 2.49. The van der Waals surface area contributed by atoms with Crippen LogP contribution in [0.3, 0.4) is 0 Å². The summed E-state index contributed by atoms with van der Waals surface area (Å²) in [5.41, 5.74) is 20.7. The molecule has 12 aromatic rings. The van der Waals surface area contributed by atoms with Crippen molar-refractivity contribution in [2.45, 2.75) is 0 Å². The van der Waals surface area contributed by atoms with Crippen molar-refractivity contribution >= 4 is 38.9 Å². The van der Waals surface area contributed by atoms with Crippen LogP contribution < -0.4 is 4.90 Å². The highest BCUT2D eigenvalue weighted by Gasteiger charge is 2.25. The van der Waals surface area contributed by atoms with Crippen LogP contribution in [0.5, 0.6) is 0 Å². The maximum Gasteiger partial charge on any atom is 0.0618 e. The van der Waals surface area contributed by atoms with Gasteiger partial charge in [0, 0.05) is 39.0 Å². The molecule has 0 aliphatic rings. The highest BCUT2D eigenvalue weighted by atomic mass is 15.1. The van der Waals surface area contributed by atoms with E-state index in [4.69, 9.17) is 0 Å². The Morgan fingerprint density at radius 2 is 0.632 bits per heavy atom. The van der Waals surface area contributed by atoms with Gasteiger partial charge in [-0.2, -0.15) is 0 Å². The summed E-state index contributed by atoms with van der Waals surface area (Å²) in [6, 6.07) is 101. The SMILES string of the molecule is c1ccc(-c2cc(-c3ccccc3)c(N(c3ccc(-c4ccccc4-c4ccccc4-c4ccccc4)cc3)c3ccc4c5ccccc5n(-c5ccccc5)c4c3)c(-c3ccccc3)c2)cc1. The third-order valence-corrected chi connectivity index (χ3v) is 13.2. The van der Waals surface area contributed by atoms with Gasteiger partial charge in [0.05, 0.1) is 16.7 Å². The van der Waals surface area contributed by atoms with Gasteiger partial charge in [-0.3, -0.25) is 0 Å². The second-order valence-corrected chi connectivity index (χ2v) is 17.2. The molecule has 2 heteroatoms. The molecule has 0 saturated heterocycles. The summed E-state index contributed by atoms with van der Waals surface area (Å²) in [6.45, 7) is 0. The minimum Gasteiger partial charge on any atom is -0.309 e. The third-order valence-electron chi connectivity index (χ3n) is 13.2. The standard InChI is InChI=1S/C66H46N2/c1-6-22-47(23-7-1)52-44-62(49-26-10-3-11-27-49)66(63(45-52)50-28-12-4-13-29-50)67(55-42-43-61-60-36-20-21-37-64(60)68(65(61)46-55)53-30-14-5-15-31-53)54-40-38-51(39-41-54)57-33-17-19-35-59(57)58-34-18-16-32-56(58)48-24-8-2-9-25-48/h1-46H. The molecule has 0 unspecified atom stereocenters. The normalized spacial score (nSPS) is 11.2. The first-order valence-corrected chi connectivity index (χ1v) is 23.3. The molecule has 0 atom stereocenters. The Morgan fingerprint density at radius 3 is 1.18 bits per heavy atom. The van der Waals surface area contributed by atoms with Crippen molar-refractivity contribution in [2.24, 2.45) is 0 Å². The van der Waals surface area contributed by atoms with Gasteiger partial charge in [0.1, 0.15) is 0 Å². The van der Waals surface area contributed by atoms with Crippen LogP contribution >= 0.6 is 0 Å². The first-order valence-electron chi connectivity index (χ1n) is 23.3. The van der Waals surface area contributed by atoms with E-state index in [1.807, 2.05) is 0 Å². The molecule has 0 spiro atoms. The molecular formula is C66H46N2. The molecule has 68 heavy (non-hydrogen) atoms. The fourth-order valence-electron chi connectivity index (χ4n) is 10.1. The maximum atomic E-state index is 2.49. The number of hydrogen-bond donors (Lipinski definition) is 0. The highest BCUT2D eigenvalue weighted by Crippen LogP contribution is 2.50.